The Kier molecular flexibility index (Phi) is 4.28. The van der Waals surface area contributed by atoms with Gasteiger partial charge in [0.1, 0.15) is 0 Å². The minimum atomic E-state index is -3.27. The number of hydrogen-bond donors (Lipinski definition) is 2. The number of carbonyl (C=O) groups excluding carboxylic acids is 1. The maximum atomic E-state index is 11.2. The Hall–Kier alpha value is -1.82. The zero-order valence-corrected chi connectivity index (χ0v) is 10.4. The third-order valence-electron chi connectivity index (χ3n) is 1.77. The molecule has 2 N–H and O–H groups in total. The topological polar surface area (TPSA) is 75.3 Å². The van der Waals surface area contributed by atoms with Crippen molar-refractivity contribution in [3.63, 3.8) is 0 Å². The molecule has 1 aromatic rings. The van der Waals surface area contributed by atoms with Crippen LogP contribution in [0.1, 0.15) is 6.92 Å². The third-order valence-corrected chi connectivity index (χ3v) is 2.38. The van der Waals surface area contributed by atoms with Gasteiger partial charge >= 0.3 is 0 Å². The number of amides is 1. The van der Waals surface area contributed by atoms with Crippen molar-refractivity contribution in [2.75, 3.05) is 16.3 Å². The normalized spacial score (nSPS) is 11.4. The summed E-state index contributed by atoms with van der Waals surface area (Å²) in [6.45, 7) is 1.75. The van der Waals surface area contributed by atoms with E-state index < -0.39 is 10.0 Å². The van der Waals surface area contributed by atoms with Crippen LogP contribution >= 0.6 is 0 Å². The molecule has 0 bridgehead atoms. The first-order valence-electron chi connectivity index (χ1n) is 4.92. The zero-order valence-electron chi connectivity index (χ0n) is 9.60. The Morgan fingerprint density at radius 1 is 1.18 bits per heavy atom. The van der Waals surface area contributed by atoms with Crippen LogP contribution in [0.2, 0.25) is 0 Å². The van der Waals surface area contributed by atoms with Crippen LogP contribution in [0.3, 0.4) is 0 Å². The quantitative estimate of drug-likeness (QED) is 0.801. The molecule has 0 aliphatic rings. The smallest absolute Gasteiger partial charge is 0.248 e. The monoisotopic (exact) mass is 254 g/mol. The maximum absolute atomic E-state index is 11.2. The van der Waals surface area contributed by atoms with E-state index in [0.717, 1.165) is 6.26 Å². The molecular weight excluding hydrogens is 240 g/mol. The minimum absolute atomic E-state index is 0.226. The second kappa shape index (κ2) is 5.49. The number of allylic oxidation sites excluding steroid dienone is 1. The fourth-order valence-corrected chi connectivity index (χ4v) is 1.74. The highest BCUT2D eigenvalue weighted by molar-refractivity contribution is 7.92. The van der Waals surface area contributed by atoms with Crippen molar-refractivity contribution in [1.29, 1.82) is 0 Å². The predicted molar refractivity (Wildman–Crippen MR) is 68.4 cm³/mol. The van der Waals surface area contributed by atoms with E-state index in [0.29, 0.717) is 11.4 Å². The van der Waals surface area contributed by atoms with E-state index >= 15 is 0 Å². The van der Waals surface area contributed by atoms with Gasteiger partial charge in [0, 0.05) is 11.4 Å². The second-order valence-electron chi connectivity index (χ2n) is 3.44. The molecule has 0 unspecified atom stereocenters. The van der Waals surface area contributed by atoms with Crippen LogP contribution in [0.4, 0.5) is 11.4 Å². The standard InChI is InChI=1S/C11H14N2O3S/c1-3-4-11(14)12-9-5-7-10(8-6-9)13-17(2,15)16/h3-8,13H,1-2H3,(H,12,14). The Morgan fingerprint density at radius 3 is 2.18 bits per heavy atom. The van der Waals surface area contributed by atoms with Crippen LogP contribution in [0, 0.1) is 0 Å². The van der Waals surface area contributed by atoms with Gasteiger partial charge in [-0.3, -0.25) is 9.52 Å². The van der Waals surface area contributed by atoms with E-state index in [4.69, 9.17) is 0 Å². The third kappa shape index (κ3) is 5.17. The van der Waals surface area contributed by atoms with Crippen molar-refractivity contribution in [2.45, 2.75) is 6.92 Å². The van der Waals surface area contributed by atoms with Gasteiger partial charge in [-0.2, -0.15) is 0 Å². The average molecular weight is 254 g/mol. The molecule has 1 rings (SSSR count). The molecule has 6 heteroatoms. The highest BCUT2D eigenvalue weighted by Gasteiger charge is 2.02. The van der Waals surface area contributed by atoms with Crippen LogP contribution in [-0.2, 0) is 14.8 Å². The lowest BCUT2D eigenvalue weighted by molar-refractivity contribution is -0.111. The molecule has 5 nitrogen and oxygen atoms in total. The van der Waals surface area contributed by atoms with Gasteiger partial charge < -0.3 is 5.32 Å². The lowest BCUT2D eigenvalue weighted by atomic mass is 10.3. The van der Waals surface area contributed by atoms with E-state index in [1.54, 1.807) is 37.3 Å². The number of benzene rings is 1. The number of hydrogen-bond acceptors (Lipinski definition) is 3. The molecule has 1 amide bonds. The number of nitrogens with one attached hydrogen (secondary N) is 2. The summed E-state index contributed by atoms with van der Waals surface area (Å²) in [5, 5.41) is 2.63. The summed E-state index contributed by atoms with van der Waals surface area (Å²) in [4.78, 5) is 11.2. The lowest BCUT2D eigenvalue weighted by Crippen LogP contribution is -2.10. The SMILES string of the molecule is CC=CC(=O)Nc1ccc(NS(C)(=O)=O)cc1. The zero-order chi connectivity index (χ0) is 12.9. The molecule has 0 aliphatic carbocycles. The van der Waals surface area contributed by atoms with Crippen LogP contribution in [-0.4, -0.2) is 20.6 Å². The molecule has 17 heavy (non-hydrogen) atoms. The Balaban J connectivity index is 2.72. The molecule has 1 aromatic carbocycles. The maximum Gasteiger partial charge on any atom is 0.248 e. The van der Waals surface area contributed by atoms with Gasteiger partial charge in [-0.05, 0) is 37.3 Å². The van der Waals surface area contributed by atoms with Crippen LogP contribution in [0.15, 0.2) is 36.4 Å². The Bertz CT molecular complexity index is 518. The first kappa shape index (κ1) is 13.2. The molecule has 0 aliphatic heterocycles. The van der Waals surface area contributed by atoms with Gasteiger partial charge in [-0.1, -0.05) is 6.08 Å². The molecular formula is C11H14N2O3S. The van der Waals surface area contributed by atoms with E-state index in [2.05, 4.69) is 10.0 Å². The predicted octanol–water partition coefficient (Wildman–Crippen LogP) is 1.57. The molecule has 0 spiro atoms. The Morgan fingerprint density at radius 2 is 1.71 bits per heavy atom. The molecule has 92 valence electrons. The fourth-order valence-electron chi connectivity index (χ4n) is 1.17. The van der Waals surface area contributed by atoms with Gasteiger partial charge in [0.15, 0.2) is 0 Å². The molecule has 0 saturated carbocycles. The van der Waals surface area contributed by atoms with Gasteiger partial charge in [0.05, 0.1) is 6.26 Å². The van der Waals surface area contributed by atoms with E-state index in [-0.39, 0.29) is 5.91 Å². The highest BCUT2D eigenvalue weighted by Crippen LogP contribution is 2.14. The second-order valence-corrected chi connectivity index (χ2v) is 5.19. The minimum Gasteiger partial charge on any atom is -0.323 e. The summed E-state index contributed by atoms with van der Waals surface area (Å²) in [5.74, 6) is -0.226. The first-order chi connectivity index (χ1) is 7.90. The molecule has 0 radical (unpaired) electrons. The fraction of sp³-hybridized carbons (Fsp3) is 0.182. The van der Waals surface area contributed by atoms with Crippen molar-refractivity contribution in [3.05, 3.63) is 36.4 Å². The van der Waals surface area contributed by atoms with Crippen molar-refractivity contribution in [2.24, 2.45) is 0 Å². The van der Waals surface area contributed by atoms with Crippen LogP contribution in [0.25, 0.3) is 0 Å². The van der Waals surface area contributed by atoms with Gasteiger partial charge in [-0.15, -0.1) is 0 Å². The van der Waals surface area contributed by atoms with Crippen molar-refractivity contribution >= 4 is 27.3 Å². The van der Waals surface area contributed by atoms with E-state index in [9.17, 15) is 13.2 Å². The summed E-state index contributed by atoms with van der Waals surface area (Å²) >= 11 is 0. The van der Waals surface area contributed by atoms with Gasteiger partial charge in [0.2, 0.25) is 15.9 Å². The van der Waals surface area contributed by atoms with Gasteiger partial charge in [-0.25, -0.2) is 8.42 Å². The lowest BCUT2D eigenvalue weighted by Gasteiger charge is -2.05. The average Bonchev–Trinajstić information content (AvgIpc) is 2.19. The summed E-state index contributed by atoms with van der Waals surface area (Å²) in [6.07, 6.45) is 4.12. The summed E-state index contributed by atoms with van der Waals surface area (Å²) in [6, 6.07) is 6.39. The summed E-state index contributed by atoms with van der Waals surface area (Å²) < 4.78 is 24.2. The van der Waals surface area contributed by atoms with Crippen molar-refractivity contribution in [3.8, 4) is 0 Å². The van der Waals surface area contributed by atoms with Crippen LogP contribution < -0.4 is 10.0 Å². The largest absolute Gasteiger partial charge is 0.323 e. The number of rotatable bonds is 4. The first-order valence-corrected chi connectivity index (χ1v) is 6.81. The van der Waals surface area contributed by atoms with Crippen molar-refractivity contribution in [1.82, 2.24) is 0 Å². The summed E-state index contributed by atoms with van der Waals surface area (Å²) in [5.41, 5.74) is 1.06. The molecule has 0 atom stereocenters. The van der Waals surface area contributed by atoms with Gasteiger partial charge in [0.25, 0.3) is 0 Å². The van der Waals surface area contributed by atoms with Crippen molar-refractivity contribution < 1.29 is 13.2 Å². The van der Waals surface area contributed by atoms with E-state index in [1.807, 2.05) is 0 Å². The molecule has 0 aromatic heterocycles. The molecule has 0 heterocycles. The number of carbonyl (C=O) groups is 1. The highest BCUT2D eigenvalue weighted by atomic mass is 32.2. The van der Waals surface area contributed by atoms with E-state index in [1.165, 1.54) is 6.08 Å². The number of sulfonamides is 1. The molecule has 0 saturated heterocycles. The molecule has 0 fully saturated rings. The summed E-state index contributed by atoms with van der Waals surface area (Å²) in [7, 11) is -3.27. The Labute approximate surface area is 101 Å². The number of anilines is 2. The van der Waals surface area contributed by atoms with Crippen LogP contribution in [0.5, 0.6) is 0 Å².